The second-order valence-electron chi connectivity index (χ2n) is 4.44. The Balaban J connectivity index is 2.67. The Morgan fingerprint density at radius 3 is 2.53 bits per heavy atom. The monoisotopic (exact) mass is 231 g/mol. The Morgan fingerprint density at radius 1 is 1.24 bits per heavy atom. The Labute approximate surface area is 103 Å². The molecule has 0 saturated carbocycles. The third-order valence-corrected chi connectivity index (χ3v) is 3.51. The van der Waals surface area contributed by atoms with Crippen molar-refractivity contribution in [2.24, 2.45) is 0 Å². The Hall–Kier alpha value is -1.51. The van der Waals surface area contributed by atoms with Crippen molar-refractivity contribution in [1.29, 1.82) is 0 Å². The second-order valence-corrected chi connectivity index (χ2v) is 4.44. The highest BCUT2D eigenvalue weighted by Crippen LogP contribution is 2.28. The van der Waals surface area contributed by atoms with E-state index in [2.05, 4.69) is 31.4 Å². The Kier molecular flexibility index (Phi) is 3.36. The number of nitrogens with two attached hydrogens (primary N) is 1. The number of hydrogen-bond acceptors (Lipinski definition) is 2. The zero-order chi connectivity index (χ0) is 12.4. The van der Waals surface area contributed by atoms with E-state index in [1.54, 1.807) is 0 Å². The summed E-state index contributed by atoms with van der Waals surface area (Å²) in [6.45, 7) is 7.55. The van der Waals surface area contributed by atoms with E-state index in [1.807, 2.05) is 12.1 Å². The molecule has 0 atom stereocenters. The van der Waals surface area contributed by atoms with Crippen LogP contribution in [0.15, 0.2) is 18.2 Å². The van der Waals surface area contributed by atoms with E-state index in [0.717, 1.165) is 36.1 Å². The molecule has 1 aromatic heterocycles. The highest BCUT2D eigenvalue weighted by atomic mass is 15.1. The van der Waals surface area contributed by atoms with Gasteiger partial charge in [0.15, 0.2) is 0 Å². The molecule has 0 bridgehead atoms. The van der Waals surface area contributed by atoms with Gasteiger partial charge in [-0.1, -0.05) is 19.9 Å². The van der Waals surface area contributed by atoms with E-state index in [0.29, 0.717) is 5.92 Å². The fraction of sp³-hybridized carbons (Fsp3) is 0.500. The van der Waals surface area contributed by atoms with Crippen LogP contribution in [0.3, 0.4) is 0 Å². The lowest BCUT2D eigenvalue weighted by Crippen LogP contribution is -2.07. The molecule has 0 spiro atoms. The van der Waals surface area contributed by atoms with Gasteiger partial charge in [-0.2, -0.15) is 0 Å². The predicted molar refractivity (Wildman–Crippen MR) is 73.1 cm³/mol. The van der Waals surface area contributed by atoms with Crippen molar-refractivity contribution < 1.29 is 0 Å². The molecular formula is C14H21N3. The van der Waals surface area contributed by atoms with Crippen LogP contribution >= 0.6 is 0 Å². The van der Waals surface area contributed by atoms with Crippen molar-refractivity contribution in [3.8, 4) is 0 Å². The maximum Gasteiger partial charge on any atom is 0.113 e. The smallest absolute Gasteiger partial charge is 0.113 e. The highest BCUT2D eigenvalue weighted by Gasteiger charge is 2.17. The number of para-hydroxylation sites is 1. The Morgan fingerprint density at radius 2 is 1.94 bits per heavy atom. The van der Waals surface area contributed by atoms with Crippen LogP contribution in [-0.4, -0.2) is 9.55 Å². The molecule has 3 heteroatoms. The first-order valence-electron chi connectivity index (χ1n) is 6.47. The molecule has 0 aliphatic carbocycles. The normalized spacial score (nSPS) is 11.5. The number of benzene rings is 1. The van der Waals surface area contributed by atoms with E-state index in [1.165, 1.54) is 5.82 Å². The molecular weight excluding hydrogens is 210 g/mol. The molecule has 0 aliphatic heterocycles. The molecule has 0 radical (unpaired) electrons. The molecule has 2 N–H and O–H groups in total. The number of nitrogen functional groups attached to an aromatic ring is 1. The number of rotatable bonds is 4. The zero-order valence-corrected chi connectivity index (χ0v) is 10.9. The van der Waals surface area contributed by atoms with Crippen LogP contribution in [0.1, 0.15) is 45.4 Å². The lowest BCUT2D eigenvalue weighted by molar-refractivity contribution is 0.564. The molecule has 0 aliphatic rings. The first kappa shape index (κ1) is 12.0. The maximum absolute atomic E-state index is 6.00. The van der Waals surface area contributed by atoms with E-state index in [-0.39, 0.29) is 0 Å². The number of fused-ring (bicyclic) bond motifs is 1. The van der Waals surface area contributed by atoms with Gasteiger partial charge in [0.25, 0.3) is 0 Å². The van der Waals surface area contributed by atoms with Gasteiger partial charge in [0, 0.05) is 12.5 Å². The molecule has 92 valence electrons. The van der Waals surface area contributed by atoms with Crippen LogP contribution in [-0.2, 0) is 6.54 Å². The zero-order valence-electron chi connectivity index (χ0n) is 10.9. The van der Waals surface area contributed by atoms with Crippen LogP contribution in [0.2, 0.25) is 0 Å². The van der Waals surface area contributed by atoms with Gasteiger partial charge < -0.3 is 10.3 Å². The molecule has 17 heavy (non-hydrogen) atoms. The van der Waals surface area contributed by atoms with Gasteiger partial charge in [0.1, 0.15) is 11.3 Å². The first-order valence-corrected chi connectivity index (χ1v) is 6.47. The Bertz CT molecular complexity index is 509. The lowest BCUT2D eigenvalue weighted by atomic mass is 10.0. The summed E-state index contributed by atoms with van der Waals surface area (Å²) in [6, 6.07) is 6.03. The summed E-state index contributed by atoms with van der Waals surface area (Å²) in [6.07, 6.45) is 2.25. The highest BCUT2D eigenvalue weighted by molar-refractivity contribution is 5.87. The van der Waals surface area contributed by atoms with E-state index in [4.69, 9.17) is 10.7 Å². The van der Waals surface area contributed by atoms with Crippen LogP contribution in [0, 0.1) is 0 Å². The van der Waals surface area contributed by atoms with E-state index in [9.17, 15) is 0 Å². The number of nitrogens with zero attached hydrogens (tertiary/aromatic N) is 2. The number of anilines is 1. The van der Waals surface area contributed by atoms with Gasteiger partial charge in [-0.05, 0) is 31.9 Å². The summed E-state index contributed by atoms with van der Waals surface area (Å²) in [7, 11) is 0. The number of aryl methyl sites for hydroxylation is 1. The van der Waals surface area contributed by atoms with Crippen molar-refractivity contribution in [1.82, 2.24) is 9.55 Å². The van der Waals surface area contributed by atoms with Gasteiger partial charge in [-0.15, -0.1) is 0 Å². The molecule has 0 saturated heterocycles. The number of hydrogen-bond donors (Lipinski definition) is 1. The van der Waals surface area contributed by atoms with Gasteiger partial charge in [-0.25, -0.2) is 4.98 Å². The third-order valence-electron chi connectivity index (χ3n) is 3.51. The third kappa shape index (κ3) is 1.90. The molecule has 2 rings (SSSR count). The summed E-state index contributed by atoms with van der Waals surface area (Å²) in [5, 5.41) is 0. The van der Waals surface area contributed by atoms with Crippen LogP contribution in [0.4, 0.5) is 5.69 Å². The van der Waals surface area contributed by atoms with Gasteiger partial charge >= 0.3 is 0 Å². The SMILES string of the molecule is CCC(CC)c1nc2c(N)cccc2n1CC. The summed E-state index contributed by atoms with van der Waals surface area (Å²) in [5.41, 5.74) is 8.90. The average molecular weight is 231 g/mol. The van der Waals surface area contributed by atoms with Crippen molar-refractivity contribution in [2.45, 2.75) is 46.1 Å². The largest absolute Gasteiger partial charge is 0.397 e. The molecule has 1 heterocycles. The fourth-order valence-corrected chi connectivity index (χ4v) is 2.48. The van der Waals surface area contributed by atoms with Crippen molar-refractivity contribution in [3.63, 3.8) is 0 Å². The van der Waals surface area contributed by atoms with E-state index >= 15 is 0 Å². The van der Waals surface area contributed by atoms with Crippen LogP contribution in [0.25, 0.3) is 11.0 Å². The number of aromatic nitrogens is 2. The van der Waals surface area contributed by atoms with Crippen LogP contribution < -0.4 is 5.73 Å². The summed E-state index contributed by atoms with van der Waals surface area (Å²) < 4.78 is 2.30. The molecule has 0 unspecified atom stereocenters. The van der Waals surface area contributed by atoms with Crippen molar-refractivity contribution in [2.75, 3.05) is 5.73 Å². The summed E-state index contributed by atoms with van der Waals surface area (Å²) in [4.78, 5) is 4.76. The van der Waals surface area contributed by atoms with Gasteiger partial charge in [0.05, 0.1) is 11.2 Å². The standard InChI is InChI=1S/C14H21N3/c1-4-10(5-2)14-16-13-11(15)8-7-9-12(13)17(14)6-3/h7-10H,4-6,15H2,1-3H3. The average Bonchev–Trinajstić information content (AvgIpc) is 2.71. The second kappa shape index (κ2) is 4.78. The van der Waals surface area contributed by atoms with Crippen molar-refractivity contribution in [3.05, 3.63) is 24.0 Å². The quantitative estimate of drug-likeness (QED) is 0.818. The molecule has 2 aromatic rings. The predicted octanol–water partition coefficient (Wildman–Crippen LogP) is 3.54. The molecule has 0 amide bonds. The van der Waals surface area contributed by atoms with E-state index < -0.39 is 0 Å². The first-order chi connectivity index (χ1) is 8.22. The molecule has 0 fully saturated rings. The fourth-order valence-electron chi connectivity index (χ4n) is 2.48. The number of imidazole rings is 1. The minimum absolute atomic E-state index is 0.529. The lowest BCUT2D eigenvalue weighted by Gasteiger charge is -2.13. The van der Waals surface area contributed by atoms with Crippen LogP contribution in [0.5, 0.6) is 0 Å². The maximum atomic E-state index is 6.00. The minimum atomic E-state index is 0.529. The summed E-state index contributed by atoms with van der Waals surface area (Å²) in [5.74, 6) is 1.71. The van der Waals surface area contributed by atoms with Gasteiger partial charge in [0.2, 0.25) is 0 Å². The topological polar surface area (TPSA) is 43.8 Å². The summed E-state index contributed by atoms with van der Waals surface area (Å²) >= 11 is 0. The van der Waals surface area contributed by atoms with Gasteiger partial charge in [-0.3, -0.25) is 0 Å². The minimum Gasteiger partial charge on any atom is -0.397 e. The molecule has 1 aromatic carbocycles. The van der Waals surface area contributed by atoms with Crippen molar-refractivity contribution >= 4 is 16.7 Å². The molecule has 3 nitrogen and oxygen atoms in total.